The molecule has 1 fully saturated rings. The Morgan fingerprint density at radius 3 is 2.52 bits per heavy atom. The molecule has 1 heterocycles. The number of rotatable bonds is 6. The summed E-state index contributed by atoms with van der Waals surface area (Å²) in [6, 6.07) is 13.0. The van der Waals surface area contributed by atoms with Crippen molar-refractivity contribution in [1.29, 1.82) is 0 Å². The zero-order chi connectivity index (χ0) is 17.8. The molecule has 0 spiro atoms. The molecule has 0 bridgehead atoms. The molecule has 0 saturated carbocycles. The van der Waals surface area contributed by atoms with E-state index in [-0.39, 0.29) is 18.5 Å². The van der Waals surface area contributed by atoms with Crippen LogP contribution in [0.3, 0.4) is 0 Å². The van der Waals surface area contributed by atoms with E-state index < -0.39 is 6.10 Å². The average Bonchev–Trinajstić information content (AvgIpc) is 3.03. The number of ether oxygens (including phenoxy) is 1. The molecule has 0 aliphatic carbocycles. The van der Waals surface area contributed by atoms with Gasteiger partial charge in [0.1, 0.15) is 24.3 Å². The maximum Gasteiger partial charge on any atom is 0.125 e. The summed E-state index contributed by atoms with van der Waals surface area (Å²) in [6.45, 7) is 5.81. The third-order valence-electron chi connectivity index (χ3n) is 4.89. The second-order valence-electron chi connectivity index (χ2n) is 6.89. The first kappa shape index (κ1) is 17.9. The van der Waals surface area contributed by atoms with Crippen LogP contribution in [0.25, 0.3) is 0 Å². The molecule has 0 radical (unpaired) electrons. The molecule has 134 valence electrons. The lowest BCUT2D eigenvalue weighted by Crippen LogP contribution is -2.35. The minimum absolute atomic E-state index is 0.213. The lowest BCUT2D eigenvalue weighted by Gasteiger charge is -2.27. The van der Waals surface area contributed by atoms with Gasteiger partial charge in [-0.05, 0) is 62.1 Å². The number of hydrogen-bond donors (Lipinski definition) is 1. The number of aliphatic hydroxyl groups is 1. The zero-order valence-electron chi connectivity index (χ0n) is 14.9. The highest BCUT2D eigenvalue weighted by Crippen LogP contribution is 2.32. The number of β-amino-alcohol motifs (C(OH)–C–C–N with tert-alkyl or cyclic N) is 1. The second-order valence-corrected chi connectivity index (χ2v) is 6.89. The van der Waals surface area contributed by atoms with Gasteiger partial charge in [-0.25, -0.2) is 4.39 Å². The van der Waals surface area contributed by atoms with E-state index in [2.05, 4.69) is 4.90 Å². The smallest absolute Gasteiger partial charge is 0.125 e. The van der Waals surface area contributed by atoms with Crippen molar-refractivity contribution in [3.63, 3.8) is 0 Å². The van der Waals surface area contributed by atoms with Gasteiger partial charge in [-0.15, -0.1) is 0 Å². The molecule has 0 amide bonds. The molecule has 2 aromatic carbocycles. The largest absolute Gasteiger partial charge is 0.490 e. The third kappa shape index (κ3) is 4.39. The molecule has 25 heavy (non-hydrogen) atoms. The van der Waals surface area contributed by atoms with Crippen LogP contribution in [-0.2, 0) is 0 Å². The average molecular weight is 343 g/mol. The molecular formula is C21H26FNO2. The summed E-state index contributed by atoms with van der Waals surface area (Å²) in [5, 5.41) is 10.4. The Kier molecular flexibility index (Phi) is 5.71. The lowest BCUT2D eigenvalue weighted by molar-refractivity contribution is 0.0634. The fourth-order valence-corrected chi connectivity index (χ4v) is 3.64. The predicted molar refractivity (Wildman–Crippen MR) is 97.4 cm³/mol. The number of likely N-dealkylation sites (tertiary alicyclic amines) is 1. The van der Waals surface area contributed by atoms with Gasteiger partial charge in [-0.1, -0.05) is 30.3 Å². The van der Waals surface area contributed by atoms with Crippen LogP contribution >= 0.6 is 0 Å². The van der Waals surface area contributed by atoms with Crippen LogP contribution in [0, 0.1) is 19.7 Å². The van der Waals surface area contributed by atoms with Gasteiger partial charge < -0.3 is 9.84 Å². The molecule has 4 heteroatoms. The minimum atomic E-state index is -0.556. The molecule has 1 N–H and O–H groups in total. The summed E-state index contributed by atoms with van der Waals surface area (Å²) >= 11 is 0. The minimum Gasteiger partial charge on any atom is -0.490 e. The SMILES string of the molecule is Cc1cccc(C)c1OCC(O)CN1CCCC1c1ccc(F)cc1. The van der Waals surface area contributed by atoms with Crippen molar-refractivity contribution in [2.24, 2.45) is 0 Å². The van der Waals surface area contributed by atoms with E-state index in [1.54, 1.807) is 0 Å². The van der Waals surface area contributed by atoms with Crippen LogP contribution < -0.4 is 4.74 Å². The van der Waals surface area contributed by atoms with E-state index in [0.717, 1.165) is 41.8 Å². The number of benzene rings is 2. The van der Waals surface area contributed by atoms with Crippen LogP contribution in [0.1, 0.15) is 35.6 Å². The number of aryl methyl sites for hydroxylation is 2. The first-order valence-electron chi connectivity index (χ1n) is 8.91. The van der Waals surface area contributed by atoms with Gasteiger partial charge in [-0.3, -0.25) is 4.90 Å². The van der Waals surface area contributed by atoms with Gasteiger partial charge in [-0.2, -0.15) is 0 Å². The fourth-order valence-electron chi connectivity index (χ4n) is 3.64. The number of nitrogens with zero attached hydrogens (tertiary/aromatic N) is 1. The van der Waals surface area contributed by atoms with Crippen LogP contribution in [0.4, 0.5) is 4.39 Å². The standard InChI is InChI=1S/C21H26FNO2/c1-15-5-3-6-16(2)21(15)25-14-19(24)13-23-12-4-7-20(23)17-8-10-18(22)11-9-17/h3,5-6,8-11,19-20,24H,4,7,12-14H2,1-2H3. The van der Waals surface area contributed by atoms with E-state index in [0.29, 0.717) is 6.54 Å². The normalized spacial score (nSPS) is 19.1. The maximum atomic E-state index is 13.1. The highest BCUT2D eigenvalue weighted by Gasteiger charge is 2.27. The third-order valence-corrected chi connectivity index (χ3v) is 4.89. The van der Waals surface area contributed by atoms with E-state index >= 15 is 0 Å². The Balaban J connectivity index is 1.58. The van der Waals surface area contributed by atoms with Crippen LogP contribution in [0.5, 0.6) is 5.75 Å². The van der Waals surface area contributed by atoms with Crippen molar-refractivity contribution in [3.05, 3.63) is 65.0 Å². The summed E-state index contributed by atoms with van der Waals surface area (Å²) < 4.78 is 19.0. The van der Waals surface area contributed by atoms with E-state index in [9.17, 15) is 9.50 Å². The molecule has 3 nitrogen and oxygen atoms in total. The quantitative estimate of drug-likeness (QED) is 0.860. The Bertz CT molecular complexity index is 681. The number of hydrogen-bond acceptors (Lipinski definition) is 3. The highest BCUT2D eigenvalue weighted by atomic mass is 19.1. The summed E-state index contributed by atoms with van der Waals surface area (Å²) in [5.41, 5.74) is 3.27. The van der Waals surface area contributed by atoms with Crippen LogP contribution in [0.2, 0.25) is 0 Å². The Morgan fingerprint density at radius 2 is 1.84 bits per heavy atom. The molecule has 3 rings (SSSR count). The Morgan fingerprint density at radius 1 is 1.16 bits per heavy atom. The number of halogens is 1. The van der Waals surface area contributed by atoms with Crippen LogP contribution in [-0.4, -0.2) is 35.8 Å². The zero-order valence-corrected chi connectivity index (χ0v) is 14.9. The van der Waals surface area contributed by atoms with Gasteiger partial charge in [0, 0.05) is 12.6 Å². The topological polar surface area (TPSA) is 32.7 Å². The predicted octanol–water partition coefficient (Wildman–Crippen LogP) is 4.02. The van der Waals surface area contributed by atoms with Crippen molar-refractivity contribution in [2.45, 2.75) is 38.8 Å². The van der Waals surface area contributed by atoms with Gasteiger partial charge in [0.2, 0.25) is 0 Å². The van der Waals surface area contributed by atoms with Gasteiger partial charge >= 0.3 is 0 Å². The summed E-state index contributed by atoms with van der Waals surface area (Å²) in [6.07, 6.45) is 1.57. The first-order valence-corrected chi connectivity index (χ1v) is 8.91. The molecule has 2 atom stereocenters. The highest BCUT2D eigenvalue weighted by molar-refractivity contribution is 5.39. The summed E-state index contributed by atoms with van der Waals surface area (Å²) in [7, 11) is 0. The molecule has 1 saturated heterocycles. The monoisotopic (exact) mass is 343 g/mol. The van der Waals surface area contributed by atoms with Crippen molar-refractivity contribution < 1.29 is 14.2 Å². The molecule has 0 aromatic heterocycles. The van der Waals surface area contributed by atoms with Crippen molar-refractivity contribution in [3.8, 4) is 5.75 Å². The van der Waals surface area contributed by atoms with Crippen molar-refractivity contribution in [1.82, 2.24) is 4.90 Å². The fraction of sp³-hybridized carbons (Fsp3) is 0.429. The molecule has 2 aromatic rings. The van der Waals surface area contributed by atoms with Crippen molar-refractivity contribution in [2.75, 3.05) is 19.7 Å². The number of aliphatic hydroxyl groups excluding tert-OH is 1. The molecular weight excluding hydrogens is 317 g/mol. The van der Waals surface area contributed by atoms with Gasteiger partial charge in [0.15, 0.2) is 0 Å². The Hall–Kier alpha value is -1.91. The molecule has 2 unspecified atom stereocenters. The van der Waals surface area contributed by atoms with Crippen molar-refractivity contribution >= 4 is 0 Å². The van der Waals surface area contributed by atoms with Crippen LogP contribution in [0.15, 0.2) is 42.5 Å². The Labute approximate surface area is 149 Å². The second kappa shape index (κ2) is 7.98. The van der Waals surface area contributed by atoms with E-state index in [1.807, 2.05) is 44.2 Å². The lowest BCUT2D eigenvalue weighted by atomic mass is 10.0. The van der Waals surface area contributed by atoms with E-state index in [1.165, 1.54) is 12.1 Å². The van der Waals surface area contributed by atoms with Gasteiger partial charge in [0.05, 0.1) is 0 Å². The molecule has 1 aliphatic rings. The maximum absolute atomic E-state index is 13.1. The first-order chi connectivity index (χ1) is 12.0. The summed E-state index contributed by atoms with van der Waals surface area (Å²) in [5.74, 6) is 0.647. The molecule has 1 aliphatic heterocycles. The van der Waals surface area contributed by atoms with E-state index in [4.69, 9.17) is 4.74 Å². The van der Waals surface area contributed by atoms with Gasteiger partial charge in [0.25, 0.3) is 0 Å². The number of para-hydroxylation sites is 1. The summed E-state index contributed by atoms with van der Waals surface area (Å²) in [4.78, 5) is 2.27.